The number of benzene rings is 1. The van der Waals surface area contributed by atoms with Crippen LogP contribution in [-0.4, -0.2) is 38.5 Å². The molecule has 1 aromatic heterocycles. The van der Waals surface area contributed by atoms with Crippen LogP contribution in [0.25, 0.3) is 0 Å². The van der Waals surface area contributed by atoms with Crippen molar-refractivity contribution in [3.05, 3.63) is 35.4 Å². The van der Waals surface area contributed by atoms with Crippen LogP contribution in [-0.2, 0) is 13.0 Å². The largest absolute Gasteiger partial charge is 0.313 e. The van der Waals surface area contributed by atoms with Crippen molar-refractivity contribution in [2.45, 2.75) is 43.9 Å². The fraction of sp³-hybridized carbons (Fsp3) is 0.533. The summed E-state index contributed by atoms with van der Waals surface area (Å²) in [6.45, 7) is 5.99. The van der Waals surface area contributed by atoms with Crippen molar-refractivity contribution in [2.24, 2.45) is 0 Å². The summed E-state index contributed by atoms with van der Waals surface area (Å²) in [6, 6.07) is 9.18. The maximum atomic E-state index is 4.14. The van der Waals surface area contributed by atoms with Crippen molar-refractivity contribution < 1.29 is 0 Å². The molecule has 3 rings (SSSR count). The van der Waals surface area contributed by atoms with Crippen LogP contribution < -0.4 is 5.32 Å². The monoisotopic (exact) mass is 303 g/mol. The third kappa shape index (κ3) is 3.44. The molecule has 1 heterocycles. The summed E-state index contributed by atoms with van der Waals surface area (Å²) in [6.07, 6.45) is 1.18. The zero-order valence-electron chi connectivity index (χ0n) is 12.5. The highest BCUT2D eigenvalue weighted by Gasteiger charge is 2.25. The SMILES string of the molecule is CC(C)NCCn1nnnc1SCC1Cc2ccccc21. The first kappa shape index (κ1) is 14.5. The number of hydrogen-bond acceptors (Lipinski definition) is 5. The number of fused-ring (bicyclic) bond motifs is 1. The molecule has 0 fully saturated rings. The van der Waals surface area contributed by atoms with E-state index < -0.39 is 0 Å². The minimum atomic E-state index is 0.490. The number of tetrazole rings is 1. The molecule has 112 valence electrons. The van der Waals surface area contributed by atoms with E-state index in [0.29, 0.717) is 12.0 Å². The molecule has 1 unspecified atom stereocenters. The van der Waals surface area contributed by atoms with Gasteiger partial charge in [-0.3, -0.25) is 0 Å². The average molecular weight is 303 g/mol. The Morgan fingerprint density at radius 2 is 2.24 bits per heavy atom. The van der Waals surface area contributed by atoms with Gasteiger partial charge in [-0.1, -0.05) is 49.9 Å². The second-order valence-corrected chi connectivity index (χ2v) is 6.69. The molecule has 2 aromatic rings. The summed E-state index contributed by atoms with van der Waals surface area (Å²) in [5.41, 5.74) is 2.98. The Hall–Kier alpha value is -1.40. The van der Waals surface area contributed by atoms with Gasteiger partial charge in [0.2, 0.25) is 5.16 Å². The lowest BCUT2D eigenvalue weighted by molar-refractivity contribution is 0.484. The van der Waals surface area contributed by atoms with Crippen molar-refractivity contribution in [3.8, 4) is 0 Å². The van der Waals surface area contributed by atoms with Gasteiger partial charge in [-0.15, -0.1) is 5.10 Å². The van der Waals surface area contributed by atoms with E-state index >= 15 is 0 Å². The molecule has 5 nitrogen and oxygen atoms in total. The van der Waals surface area contributed by atoms with Crippen LogP contribution in [0.3, 0.4) is 0 Å². The third-order valence-corrected chi connectivity index (χ3v) is 4.87. The molecule has 1 aliphatic carbocycles. The fourth-order valence-electron chi connectivity index (χ4n) is 2.59. The summed E-state index contributed by atoms with van der Waals surface area (Å²) in [4.78, 5) is 0. The second-order valence-electron chi connectivity index (χ2n) is 5.70. The van der Waals surface area contributed by atoms with Crippen molar-refractivity contribution >= 4 is 11.8 Å². The number of hydrogen-bond donors (Lipinski definition) is 1. The van der Waals surface area contributed by atoms with E-state index in [9.17, 15) is 0 Å². The van der Waals surface area contributed by atoms with E-state index in [0.717, 1.165) is 24.0 Å². The Bertz CT molecular complexity index is 595. The Balaban J connectivity index is 1.51. The minimum Gasteiger partial charge on any atom is -0.313 e. The highest BCUT2D eigenvalue weighted by molar-refractivity contribution is 7.99. The lowest BCUT2D eigenvalue weighted by Gasteiger charge is -2.29. The van der Waals surface area contributed by atoms with Crippen LogP contribution >= 0.6 is 11.8 Å². The molecule has 0 aliphatic heterocycles. The first-order valence-corrected chi connectivity index (χ1v) is 8.42. The van der Waals surface area contributed by atoms with E-state index in [1.807, 2.05) is 4.68 Å². The molecule has 0 saturated carbocycles. The predicted molar refractivity (Wildman–Crippen MR) is 84.6 cm³/mol. The van der Waals surface area contributed by atoms with E-state index in [4.69, 9.17) is 0 Å². The van der Waals surface area contributed by atoms with Crippen molar-refractivity contribution in [1.29, 1.82) is 0 Å². The molecule has 6 heteroatoms. The van der Waals surface area contributed by atoms with Crippen LogP contribution in [0.1, 0.15) is 30.9 Å². The standard InChI is InChI=1S/C15H21N5S/c1-11(2)16-7-8-20-15(17-18-19-20)21-10-13-9-12-5-3-4-6-14(12)13/h3-6,11,13,16H,7-10H2,1-2H3. The maximum absolute atomic E-state index is 4.14. The van der Waals surface area contributed by atoms with Gasteiger partial charge in [0.05, 0.1) is 6.54 Å². The van der Waals surface area contributed by atoms with Crippen LogP contribution in [0.2, 0.25) is 0 Å². The molecule has 0 bridgehead atoms. The van der Waals surface area contributed by atoms with Crippen molar-refractivity contribution in [2.75, 3.05) is 12.3 Å². The molecule has 0 radical (unpaired) electrons. The van der Waals surface area contributed by atoms with Gasteiger partial charge in [-0.05, 0) is 33.9 Å². The minimum absolute atomic E-state index is 0.490. The van der Waals surface area contributed by atoms with E-state index in [1.165, 1.54) is 17.5 Å². The Kier molecular flexibility index (Phi) is 4.55. The number of aromatic nitrogens is 4. The lowest BCUT2D eigenvalue weighted by Crippen LogP contribution is -2.27. The molecule has 1 N–H and O–H groups in total. The molecule has 0 amide bonds. The first-order chi connectivity index (χ1) is 10.2. The van der Waals surface area contributed by atoms with Gasteiger partial charge in [0.25, 0.3) is 0 Å². The zero-order chi connectivity index (χ0) is 14.7. The first-order valence-electron chi connectivity index (χ1n) is 7.44. The molecule has 1 atom stereocenters. The second kappa shape index (κ2) is 6.58. The van der Waals surface area contributed by atoms with E-state index in [1.54, 1.807) is 11.8 Å². The van der Waals surface area contributed by atoms with Gasteiger partial charge in [0, 0.05) is 18.3 Å². The fourth-order valence-corrected chi connectivity index (χ4v) is 3.60. The summed E-state index contributed by atoms with van der Waals surface area (Å²) in [5.74, 6) is 1.69. The molecule has 1 aliphatic rings. The van der Waals surface area contributed by atoms with E-state index in [-0.39, 0.29) is 0 Å². The normalized spacial score (nSPS) is 16.8. The van der Waals surface area contributed by atoms with Crippen LogP contribution in [0, 0.1) is 0 Å². The summed E-state index contributed by atoms with van der Waals surface area (Å²) >= 11 is 1.76. The predicted octanol–water partition coefficient (Wildman–Crippen LogP) is 2.10. The highest BCUT2D eigenvalue weighted by atomic mass is 32.2. The lowest BCUT2D eigenvalue weighted by atomic mass is 9.79. The smallest absolute Gasteiger partial charge is 0.209 e. The number of thioether (sulfide) groups is 1. The average Bonchev–Trinajstić information content (AvgIpc) is 2.87. The van der Waals surface area contributed by atoms with Gasteiger partial charge in [-0.25, -0.2) is 4.68 Å². The number of nitrogens with one attached hydrogen (secondary N) is 1. The Morgan fingerprint density at radius 1 is 1.38 bits per heavy atom. The van der Waals surface area contributed by atoms with Gasteiger partial charge >= 0.3 is 0 Å². The van der Waals surface area contributed by atoms with Gasteiger partial charge < -0.3 is 5.32 Å². The van der Waals surface area contributed by atoms with Gasteiger partial charge in [0.1, 0.15) is 0 Å². The Labute approximate surface area is 129 Å². The quantitative estimate of drug-likeness (QED) is 0.794. The van der Waals surface area contributed by atoms with Crippen molar-refractivity contribution in [1.82, 2.24) is 25.5 Å². The summed E-state index contributed by atoms with van der Waals surface area (Å²) in [7, 11) is 0. The number of rotatable bonds is 7. The summed E-state index contributed by atoms with van der Waals surface area (Å²) < 4.78 is 1.89. The van der Waals surface area contributed by atoms with Gasteiger partial charge in [0.15, 0.2) is 0 Å². The van der Waals surface area contributed by atoms with Crippen molar-refractivity contribution in [3.63, 3.8) is 0 Å². The highest BCUT2D eigenvalue weighted by Crippen LogP contribution is 2.38. The molecule has 21 heavy (non-hydrogen) atoms. The topological polar surface area (TPSA) is 55.6 Å². The molecule has 0 spiro atoms. The van der Waals surface area contributed by atoms with Crippen LogP contribution in [0.4, 0.5) is 0 Å². The van der Waals surface area contributed by atoms with Gasteiger partial charge in [-0.2, -0.15) is 0 Å². The zero-order valence-corrected chi connectivity index (χ0v) is 13.3. The Morgan fingerprint density at radius 3 is 3.05 bits per heavy atom. The van der Waals surface area contributed by atoms with Crippen LogP contribution in [0.15, 0.2) is 29.4 Å². The molecule has 0 saturated heterocycles. The molecular weight excluding hydrogens is 282 g/mol. The molecular formula is C15H21N5S. The third-order valence-electron chi connectivity index (χ3n) is 3.75. The van der Waals surface area contributed by atoms with E-state index in [2.05, 4.69) is 59.0 Å². The summed E-state index contributed by atoms with van der Waals surface area (Å²) in [5, 5.41) is 16.3. The number of nitrogens with zero attached hydrogens (tertiary/aromatic N) is 4. The maximum Gasteiger partial charge on any atom is 0.209 e. The van der Waals surface area contributed by atoms with Crippen LogP contribution in [0.5, 0.6) is 0 Å². The molecule has 1 aromatic carbocycles.